The van der Waals surface area contributed by atoms with Crippen LogP contribution >= 0.6 is 0 Å². The van der Waals surface area contributed by atoms with Gasteiger partial charge in [-0.3, -0.25) is 9.48 Å². The lowest BCUT2D eigenvalue weighted by Crippen LogP contribution is -2.17. The highest BCUT2D eigenvalue weighted by atomic mass is 16.4. The van der Waals surface area contributed by atoms with Crippen molar-refractivity contribution in [3.63, 3.8) is 0 Å². The minimum absolute atomic E-state index is 0.127. The quantitative estimate of drug-likeness (QED) is 0.498. The average molecular weight is 168 g/mol. The van der Waals surface area contributed by atoms with Crippen LogP contribution in [-0.4, -0.2) is 26.6 Å². The SMILES string of the molecule is Cc1cnn(C)c1C(=O)C(=O)O. The van der Waals surface area contributed by atoms with Crippen LogP contribution in [0.3, 0.4) is 0 Å². The van der Waals surface area contributed by atoms with E-state index in [0.717, 1.165) is 0 Å². The Hall–Kier alpha value is -1.65. The normalized spacial score (nSPS) is 9.83. The van der Waals surface area contributed by atoms with Crippen LogP contribution in [0.15, 0.2) is 6.20 Å². The first-order valence-corrected chi connectivity index (χ1v) is 3.30. The molecule has 1 rings (SSSR count). The van der Waals surface area contributed by atoms with Crippen LogP contribution in [0.25, 0.3) is 0 Å². The Morgan fingerprint density at radius 3 is 2.50 bits per heavy atom. The number of carbonyl (C=O) groups is 2. The van der Waals surface area contributed by atoms with E-state index in [1.165, 1.54) is 17.9 Å². The molecule has 1 aromatic heterocycles. The summed E-state index contributed by atoms with van der Waals surface area (Å²) in [5, 5.41) is 12.2. The molecule has 0 amide bonds. The number of aliphatic carboxylic acids is 1. The zero-order chi connectivity index (χ0) is 9.30. The van der Waals surface area contributed by atoms with Crippen LogP contribution in [0, 0.1) is 6.92 Å². The van der Waals surface area contributed by atoms with Gasteiger partial charge in [0.15, 0.2) is 0 Å². The number of aromatic nitrogens is 2. The van der Waals surface area contributed by atoms with Crippen molar-refractivity contribution >= 4 is 11.8 Å². The van der Waals surface area contributed by atoms with Crippen molar-refractivity contribution in [2.45, 2.75) is 6.92 Å². The van der Waals surface area contributed by atoms with E-state index in [-0.39, 0.29) is 5.69 Å². The van der Waals surface area contributed by atoms with E-state index in [9.17, 15) is 9.59 Å². The zero-order valence-electron chi connectivity index (χ0n) is 6.74. The Kier molecular flexibility index (Phi) is 1.95. The van der Waals surface area contributed by atoms with Crippen molar-refractivity contribution in [2.75, 3.05) is 0 Å². The molecule has 0 saturated heterocycles. The first kappa shape index (κ1) is 8.45. The second kappa shape index (κ2) is 2.77. The van der Waals surface area contributed by atoms with Crippen molar-refractivity contribution in [1.82, 2.24) is 9.78 Å². The highest BCUT2D eigenvalue weighted by Gasteiger charge is 2.20. The number of carboxylic acid groups (broad SMARTS) is 1. The highest BCUT2D eigenvalue weighted by molar-refractivity contribution is 6.39. The molecule has 0 radical (unpaired) electrons. The molecule has 5 nitrogen and oxygen atoms in total. The van der Waals surface area contributed by atoms with Gasteiger partial charge in [0.2, 0.25) is 0 Å². The third-order valence-corrected chi connectivity index (χ3v) is 1.53. The first-order valence-electron chi connectivity index (χ1n) is 3.30. The van der Waals surface area contributed by atoms with Crippen molar-refractivity contribution in [3.05, 3.63) is 17.5 Å². The Labute approximate surface area is 68.6 Å². The van der Waals surface area contributed by atoms with Gasteiger partial charge in [-0.2, -0.15) is 5.10 Å². The van der Waals surface area contributed by atoms with Crippen LogP contribution in [0.2, 0.25) is 0 Å². The van der Waals surface area contributed by atoms with Gasteiger partial charge in [-0.1, -0.05) is 0 Å². The molecule has 0 spiro atoms. The van der Waals surface area contributed by atoms with Crippen LogP contribution < -0.4 is 0 Å². The number of nitrogens with zero attached hydrogens (tertiary/aromatic N) is 2. The molecular formula is C7H8N2O3. The number of ketones is 1. The van der Waals surface area contributed by atoms with Gasteiger partial charge < -0.3 is 5.11 Å². The van der Waals surface area contributed by atoms with Crippen LogP contribution in [0.1, 0.15) is 16.1 Å². The van der Waals surface area contributed by atoms with E-state index in [0.29, 0.717) is 5.56 Å². The first-order chi connectivity index (χ1) is 5.54. The maximum absolute atomic E-state index is 11.0. The van der Waals surface area contributed by atoms with Crippen molar-refractivity contribution in [1.29, 1.82) is 0 Å². The molecule has 0 saturated carbocycles. The van der Waals surface area contributed by atoms with Crippen molar-refractivity contribution < 1.29 is 14.7 Å². The Morgan fingerprint density at radius 2 is 2.17 bits per heavy atom. The van der Waals surface area contributed by atoms with Gasteiger partial charge in [0, 0.05) is 7.05 Å². The monoisotopic (exact) mass is 168 g/mol. The molecule has 0 aliphatic heterocycles. The lowest BCUT2D eigenvalue weighted by molar-refractivity contribution is -0.131. The van der Waals surface area contributed by atoms with Gasteiger partial charge in [0.25, 0.3) is 5.78 Å². The Balaban J connectivity index is 3.18. The third-order valence-electron chi connectivity index (χ3n) is 1.53. The van der Waals surface area contributed by atoms with E-state index < -0.39 is 11.8 Å². The smallest absolute Gasteiger partial charge is 0.378 e. The van der Waals surface area contributed by atoms with E-state index in [4.69, 9.17) is 5.11 Å². The Bertz CT molecular complexity index is 321. The largest absolute Gasteiger partial charge is 0.475 e. The standard InChI is InChI=1S/C7H8N2O3/c1-4-3-8-9(2)5(4)6(10)7(11)12/h3H,1-2H3,(H,11,12). The molecule has 0 aliphatic rings. The molecule has 0 atom stereocenters. The second-order valence-electron chi connectivity index (χ2n) is 2.43. The second-order valence-corrected chi connectivity index (χ2v) is 2.43. The van der Waals surface area contributed by atoms with Gasteiger partial charge in [-0.05, 0) is 12.5 Å². The molecule has 0 aromatic carbocycles. The Morgan fingerprint density at radius 1 is 1.58 bits per heavy atom. The third kappa shape index (κ3) is 1.20. The molecule has 0 unspecified atom stereocenters. The number of aryl methyl sites for hydroxylation is 2. The summed E-state index contributed by atoms with van der Waals surface area (Å²) in [4.78, 5) is 21.3. The lowest BCUT2D eigenvalue weighted by Gasteiger charge is -1.96. The van der Waals surface area contributed by atoms with Gasteiger partial charge in [-0.25, -0.2) is 4.79 Å². The number of rotatable bonds is 2. The summed E-state index contributed by atoms with van der Waals surface area (Å²) in [5.41, 5.74) is 0.701. The maximum Gasteiger partial charge on any atom is 0.378 e. The predicted octanol–water partition coefficient (Wildman–Crippen LogP) is -0.00418. The number of hydrogen-bond donors (Lipinski definition) is 1. The summed E-state index contributed by atoms with van der Waals surface area (Å²) in [7, 11) is 1.53. The summed E-state index contributed by atoms with van der Waals surface area (Å²) in [6.07, 6.45) is 1.45. The number of hydrogen-bond acceptors (Lipinski definition) is 3. The molecule has 0 bridgehead atoms. The molecule has 12 heavy (non-hydrogen) atoms. The molecule has 0 fully saturated rings. The molecule has 5 heteroatoms. The fourth-order valence-electron chi connectivity index (χ4n) is 0.975. The molecule has 0 aliphatic carbocycles. The summed E-state index contributed by atoms with van der Waals surface area (Å²) < 4.78 is 1.26. The van der Waals surface area contributed by atoms with Gasteiger partial charge >= 0.3 is 5.97 Å². The molecule has 1 heterocycles. The van der Waals surface area contributed by atoms with Gasteiger partial charge in [0.1, 0.15) is 5.69 Å². The van der Waals surface area contributed by atoms with E-state index in [1.807, 2.05) is 0 Å². The minimum Gasteiger partial charge on any atom is -0.475 e. The van der Waals surface area contributed by atoms with E-state index in [2.05, 4.69) is 5.10 Å². The van der Waals surface area contributed by atoms with Crippen LogP contribution in [0.5, 0.6) is 0 Å². The summed E-state index contributed by atoms with van der Waals surface area (Å²) in [6.45, 7) is 1.64. The fourth-order valence-corrected chi connectivity index (χ4v) is 0.975. The molecule has 1 N–H and O–H groups in total. The molecule has 1 aromatic rings. The van der Waals surface area contributed by atoms with Crippen molar-refractivity contribution in [3.8, 4) is 0 Å². The molecule has 64 valence electrons. The average Bonchev–Trinajstić information content (AvgIpc) is 2.30. The van der Waals surface area contributed by atoms with Crippen LogP contribution in [0.4, 0.5) is 0 Å². The number of carbonyl (C=O) groups excluding carboxylic acids is 1. The lowest BCUT2D eigenvalue weighted by atomic mass is 10.2. The zero-order valence-corrected chi connectivity index (χ0v) is 6.74. The van der Waals surface area contributed by atoms with Crippen LogP contribution in [-0.2, 0) is 11.8 Å². The minimum atomic E-state index is -1.46. The maximum atomic E-state index is 11.0. The summed E-state index contributed by atoms with van der Waals surface area (Å²) in [6, 6.07) is 0. The van der Waals surface area contributed by atoms with E-state index in [1.54, 1.807) is 6.92 Å². The summed E-state index contributed by atoms with van der Waals surface area (Å²) >= 11 is 0. The van der Waals surface area contributed by atoms with Gasteiger partial charge in [0.05, 0.1) is 6.20 Å². The number of Topliss-reactive ketones (excluding diaryl/α,β-unsaturated/α-hetero) is 1. The summed E-state index contributed by atoms with van der Waals surface area (Å²) in [5.74, 6) is -2.38. The number of carboxylic acids is 1. The van der Waals surface area contributed by atoms with Gasteiger partial charge in [-0.15, -0.1) is 0 Å². The fraction of sp³-hybridized carbons (Fsp3) is 0.286. The topological polar surface area (TPSA) is 72.2 Å². The predicted molar refractivity (Wildman–Crippen MR) is 39.9 cm³/mol. The highest BCUT2D eigenvalue weighted by Crippen LogP contribution is 2.05. The molecular weight excluding hydrogens is 160 g/mol. The van der Waals surface area contributed by atoms with Crippen molar-refractivity contribution in [2.24, 2.45) is 7.05 Å². The van der Waals surface area contributed by atoms with E-state index >= 15 is 0 Å².